The number of hydrogen-bond donors (Lipinski definition) is 1. The fourth-order valence-corrected chi connectivity index (χ4v) is 2.36. The number of carbonyl (C=O) groups is 1. The highest BCUT2D eigenvalue weighted by atomic mass is 19.4. The van der Waals surface area contributed by atoms with Crippen molar-refractivity contribution in [2.24, 2.45) is 0 Å². The Labute approximate surface area is 109 Å². The van der Waals surface area contributed by atoms with Crippen LogP contribution >= 0.6 is 0 Å². The molecule has 1 aliphatic heterocycles. The number of amides is 1. The zero-order chi connectivity index (χ0) is 14.2. The van der Waals surface area contributed by atoms with Crippen LogP contribution < -0.4 is 5.32 Å². The van der Waals surface area contributed by atoms with Crippen LogP contribution in [0, 0.1) is 0 Å². The van der Waals surface area contributed by atoms with Gasteiger partial charge >= 0.3 is 6.18 Å². The maximum absolute atomic E-state index is 13.0. The molecule has 19 heavy (non-hydrogen) atoms. The van der Waals surface area contributed by atoms with Crippen molar-refractivity contribution in [2.75, 3.05) is 6.54 Å². The van der Waals surface area contributed by atoms with Crippen LogP contribution in [0.1, 0.15) is 31.1 Å². The molecule has 0 saturated carbocycles. The Morgan fingerprint density at radius 1 is 1.32 bits per heavy atom. The average molecular weight is 272 g/mol. The summed E-state index contributed by atoms with van der Waals surface area (Å²) in [5.41, 5.74) is -0.609. The molecule has 1 N–H and O–H groups in total. The van der Waals surface area contributed by atoms with E-state index in [2.05, 4.69) is 5.32 Å². The molecule has 1 heterocycles. The monoisotopic (exact) mass is 272 g/mol. The van der Waals surface area contributed by atoms with Crippen molar-refractivity contribution in [3.63, 3.8) is 0 Å². The molecule has 0 aromatic heterocycles. The maximum Gasteiger partial charge on any atom is 0.416 e. The Morgan fingerprint density at radius 2 is 1.95 bits per heavy atom. The molecule has 104 valence electrons. The van der Waals surface area contributed by atoms with Gasteiger partial charge in [-0.15, -0.1) is 0 Å². The van der Waals surface area contributed by atoms with Crippen LogP contribution in [0.25, 0.3) is 0 Å². The molecule has 1 amide bonds. The second-order valence-corrected chi connectivity index (χ2v) is 4.50. The third-order valence-electron chi connectivity index (χ3n) is 3.27. The van der Waals surface area contributed by atoms with Gasteiger partial charge in [0.05, 0.1) is 11.6 Å². The van der Waals surface area contributed by atoms with Crippen molar-refractivity contribution < 1.29 is 18.0 Å². The third kappa shape index (κ3) is 2.45. The molecule has 6 heteroatoms. The first kappa shape index (κ1) is 13.9. The molecular weight excluding hydrogens is 257 g/mol. The highest BCUT2D eigenvalue weighted by Gasteiger charge is 2.41. The van der Waals surface area contributed by atoms with Crippen LogP contribution in [-0.4, -0.2) is 23.4 Å². The lowest BCUT2D eigenvalue weighted by Gasteiger charge is -2.25. The van der Waals surface area contributed by atoms with Gasteiger partial charge in [-0.3, -0.25) is 10.1 Å². The molecular formula is C13H15F3N2O. The van der Waals surface area contributed by atoms with E-state index in [1.165, 1.54) is 17.0 Å². The molecule has 1 aliphatic rings. The standard InChI is InChI=1S/C13H15F3N2O/c1-3-18-11(17-8(2)12(18)19)9-6-4-5-7-10(9)13(14,15)16/h4-8,11,17H,3H2,1-2H3. The van der Waals surface area contributed by atoms with Crippen LogP contribution in [0.5, 0.6) is 0 Å². The summed E-state index contributed by atoms with van der Waals surface area (Å²) in [5.74, 6) is -0.176. The zero-order valence-corrected chi connectivity index (χ0v) is 10.7. The van der Waals surface area contributed by atoms with Crippen LogP contribution in [-0.2, 0) is 11.0 Å². The minimum absolute atomic E-state index is 0.0922. The number of halogens is 3. The molecule has 0 aliphatic carbocycles. The van der Waals surface area contributed by atoms with E-state index in [9.17, 15) is 18.0 Å². The normalized spacial score (nSPS) is 24.1. The van der Waals surface area contributed by atoms with Crippen LogP contribution in [0.3, 0.4) is 0 Å². The van der Waals surface area contributed by atoms with E-state index in [1.54, 1.807) is 19.9 Å². The molecule has 0 bridgehead atoms. The van der Waals surface area contributed by atoms with Gasteiger partial charge < -0.3 is 4.90 Å². The Kier molecular flexibility index (Phi) is 3.54. The highest BCUT2D eigenvalue weighted by Crippen LogP contribution is 2.37. The molecule has 0 radical (unpaired) electrons. The number of carbonyl (C=O) groups excluding carboxylic acids is 1. The summed E-state index contributed by atoms with van der Waals surface area (Å²) in [7, 11) is 0. The topological polar surface area (TPSA) is 32.3 Å². The van der Waals surface area contributed by atoms with E-state index in [4.69, 9.17) is 0 Å². The molecule has 1 aromatic rings. The number of benzene rings is 1. The van der Waals surface area contributed by atoms with Crippen LogP contribution in [0.15, 0.2) is 24.3 Å². The number of alkyl halides is 3. The average Bonchev–Trinajstić information content (AvgIpc) is 2.64. The molecule has 2 rings (SSSR count). The molecule has 1 fully saturated rings. The lowest BCUT2D eigenvalue weighted by molar-refractivity contribution is -0.139. The molecule has 3 nitrogen and oxygen atoms in total. The Bertz CT molecular complexity index is 487. The van der Waals surface area contributed by atoms with Gasteiger partial charge in [0.2, 0.25) is 5.91 Å². The predicted molar refractivity (Wildman–Crippen MR) is 64.2 cm³/mol. The van der Waals surface area contributed by atoms with Gasteiger partial charge in [0.15, 0.2) is 0 Å². The van der Waals surface area contributed by atoms with Crippen molar-refractivity contribution in [2.45, 2.75) is 32.2 Å². The van der Waals surface area contributed by atoms with Crippen molar-refractivity contribution in [1.82, 2.24) is 10.2 Å². The largest absolute Gasteiger partial charge is 0.416 e. The van der Waals surface area contributed by atoms with Gasteiger partial charge in [-0.2, -0.15) is 13.2 Å². The number of hydrogen-bond acceptors (Lipinski definition) is 2. The quantitative estimate of drug-likeness (QED) is 0.897. The summed E-state index contributed by atoms with van der Waals surface area (Å²) in [6, 6.07) is 4.88. The van der Waals surface area contributed by atoms with Gasteiger partial charge in [0.25, 0.3) is 0 Å². The molecule has 1 aromatic carbocycles. The fourth-order valence-electron chi connectivity index (χ4n) is 2.36. The molecule has 1 saturated heterocycles. The maximum atomic E-state index is 13.0. The van der Waals surface area contributed by atoms with Gasteiger partial charge in [-0.05, 0) is 19.9 Å². The first-order valence-electron chi connectivity index (χ1n) is 6.09. The molecule has 0 spiro atoms. The van der Waals surface area contributed by atoms with E-state index in [0.717, 1.165) is 6.07 Å². The molecule has 2 atom stereocenters. The second-order valence-electron chi connectivity index (χ2n) is 4.50. The Morgan fingerprint density at radius 3 is 2.53 bits per heavy atom. The van der Waals surface area contributed by atoms with E-state index < -0.39 is 23.9 Å². The van der Waals surface area contributed by atoms with Crippen LogP contribution in [0.2, 0.25) is 0 Å². The van der Waals surface area contributed by atoms with Crippen molar-refractivity contribution in [1.29, 1.82) is 0 Å². The molecule has 2 unspecified atom stereocenters. The van der Waals surface area contributed by atoms with Crippen LogP contribution in [0.4, 0.5) is 13.2 Å². The first-order chi connectivity index (χ1) is 8.86. The Balaban J connectivity index is 2.45. The SMILES string of the molecule is CCN1C(=O)C(C)NC1c1ccccc1C(F)(F)F. The van der Waals surface area contributed by atoms with Crippen molar-refractivity contribution in [3.05, 3.63) is 35.4 Å². The van der Waals surface area contributed by atoms with Gasteiger partial charge in [-0.1, -0.05) is 18.2 Å². The van der Waals surface area contributed by atoms with Crippen molar-refractivity contribution in [3.8, 4) is 0 Å². The summed E-state index contributed by atoms with van der Waals surface area (Å²) < 4.78 is 39.0. The lowest BCUT2D eigenvalue weighted by atomic mass is 10.0. The minimum Gasteiger partial charge on any atom is -0.322 e. The number of rotatable bonds is 2. The summed E-state index contributed by atoms with van der Waals surface area (Å²) in [4.78, 5) is 13.3. The lowest BCUT2D eigenvalue weighted by Crippen LogP contribution is -2.31. The van der Waals surface area contributed by atoms with E-state index in [-0.39, 0.29) is 11.5 Å². The zero-order valence-electron chi connectivity index (χ0n) is 10.7. The number of likely N-dealkylation sites (N-methyl/N-ethyl adjacent to an activating group) is 1. The van der Waals surface area contributed by atoms with E-state index >= 15 is 0 Å². The second kappa shape index (κ2) is 4.85. The summed E-state index contributed by atoms with van der Waals surface area (Å²) in [6.07, 6.45) is -5.14. The predicted octanol–water partition coefficient (Wildman–Crippen LogP) is 2.54. The first-order valence-corrected chi connectivity index (χ1v) is 6.09. The van der Waals surface area contributed by atoms with Gasteiger partial charge in [-0.25, -0.2) is 0 Å². The van der Waals surface area contributed by atoms with E-state index in [1.807, 2.05) is 0 Å². The number of nitrogens with one attached hydrogen (secondary N) is 1. The Hall–Kier alpha value is -1.56. The summed E-state index contributed by atoms with van der Waals surface area (Å²) in [5, 5.41) is 2.91. The highest BCUT2D eigenvalue weighted by molar-refractivity contribution is 5.84. The van der Waals surface area contributed by atoms with Crippen molar-refractivity contribution >= 4 is 5.91 Å². The smallest absolute Gasteiger partial charge is 0.322 e. The van der Waals surface area contributed by atoms with Gasteiger partial charge in [0, 0.05) is 12.1 Å². The third-order valence-corrected chi connectivity index (χ3v) is 3.27. The van der Waals surface area contributed by atoms with E-state index in [0.29, 0.717) is 6.54 Å². The minimum atomic E-state index is -4.42. The number of nitrogens with zero attached hydrogens (tertiary/aromatic N) is 1. The summed E-state index contributed by atoms with van der Waals surface area (Å²) >= 11 is 0. The summed E-state index contributed by atoms with van der Waals surface area (Å²) in [6.45, 7) is 3.77. The fraction of sp³-hybridized carbons (Fsp3) is 0.462. The van der Waals surface area contributed by atoms with Gasteiger partial charge in [0.1, 0.15) is 6.17 Å².